The molecule has 0 saturated carbocycles. The van der Waals surface area contributed by atoms with Crippen molar-refractivity contribution in [3.05, 3.63) is 33.8 Å². The largest absolute Gasteiger partial charge is 0.469 e. The summed E-state index contributed by atoms with van der Waals surface area (Å²) >= 11 is 12.2. The van der Waals surface area contributed by atoms with Gasteiger partial charge in [0.1, 0.15) is 0 Å². The molecule has 3 rings (SSSR count). The van der Waals surface area contributed by atoms with Gasteiger partial charge in [0.05, 0.1) is 23.1 Å². The number of nitrogens with zero attached hydrogens (tertiary/aromatic N) is 1. The molecule has 2 bridgehead atoms. The monoisotopic (exact) mass is 327 g/mol. The van der Waals surface area contributed by atoms with Gasteiger partial charge < -0.3 is 4.74 Å². The van der Waals surface area contributed by atoms with Crippen LogP contribution in [-0.4, -0.2) is 37.1 Å². The Morgan fingerprint density at radius 3 is 2.71 bits per heavy atom. The van der Waals surface area contributed by atoms with Gasteiger partial charge in [-0.25, -0.2) is 0 Å². The summed E-state index contributed by atoms with van der Waals surface area (Å²) in [5.74, 6) is -0.0971. The van der Waals surface area contributed by atoms with Gasteiger partial charge in [-0.2, -0.15) is 0 Å². The molecule has 2 saturated heterocycles. The van der Waals surface area contributed by atoms with Crippen molar-refractivity contribution in [2.24, 2.45) is 5.92 Å². The average Bonchev–Trinajstić information content (AvgIpc) is 2.72. The number of ether oxygens (including phenoxy) is 1. The van der Waals surface area contributed by atoms with E-state index in [1.165, 1.54) is 7.11 Å². The van der Waals surface area contributed by atoms with Crippen molar-refractivity contribution >= 4 is 29.2 Å². The number of fused-ring (bicyclic) bond motifs is 2. The van der Waals surface area contributed by atoms with Crippen LogP contribution < -0.4 is 0 Å². The van der Waals surface area contributed by atoms with Crippen LogP contribution in [0.25, 0.3) is 0 Å². The van der Waals surface area contributed by atoms with E-state index in [-0.39, 0.29) is 23.8 Å². The minimum absolute atomic E-state index is 0.122. The summed E-state index contributed by atoms with van der Waals surface area (Å²) in [4.78, 5) is 14.7. The number of hydrogen-bond donors (Lipinski definition) is 0. The Balaban J connectivity index is 1.98. The number of benzene rings is 1. The quantitative estimate of drug-likeness (QED) is 0.775. The van der Waals surface area contributed by atoms with Crippen LogP contribution in [0.4, 0.5) is 0 Å². The maximum Gasteiger partial charge on any atom is 0.310 e. The third kappa shape index (κ3) is 2.56. The molecule has 114 valence electrons. The highest BCUT2D eigenvalue weighted by molar-refractivity contribution is 6.42. The highest BCUT2D eigenvalue weighted by atomic mass is 35.5. The lowest BCUT2D eigenvalue weighted by Gasteiger charge is -2.41. The third-order valence-corrected chi connectivity index (χ3v) is 5.85. The molecular formula is C16H19Cl2NO2. The number of hydrogen-bond acceptors (Lipinski definition) is 3. The van der Waals surface area contributed by atoms with Crippen LogP contribution in [0.5, 0.6) is 0 Å². The molecule has 2 heterocycles. The summed E-state index contributed by atoms with van der Waals surface area (Å²) in [5.41, 5.74) is 1.09. The molecule has 0 radical (unpaired) electrons. The van der Waals surface area contributed by atoms with Crippen molar-refractivity contribution in [2.75, 3.05) is 14.2 Å². The summed E-state index contributed by atoms with van der Waals surface area (Å²) in [5, 5.41) is 1.09. The van der Waals surface area contributed by atoms with Crippen LogP contribution in [-0.2, 0) is 9.53 Å². The third-order valence-electron chi connectivity index (χ3n) is 5.11. The second kappa shape index (κ2) is 5.79. The molecule has 0 aliphatic carbocycles. The second-order valence-electron chi connectivity index (χ2n) is 6.03. The van der Waals surface area contributed by atoms with E-state index in [0.29, 0.717) is 16.1 Å². The molecule has 2 aliphatic heterocycles. The van der Waals surface area contributed by atoms with Crippen molar-refractivity contribution in [3.8, 4) is 0 Å². The predicted octanol–water partition coefficient (Wildman–Crippen LogP) is 3.73. The normalized spacial score (nSPS) is 32.2. The molecule has 21 heavy (non-hydrogen) atoms. The van der Waals surface area contributed by atoms with Crippen LogP contribution in [0, 0.1) is 5.92 Å². The molecule has 1 aromatic carbocycles. The van der Waals surface area contributed by atoms with E-state index in [1.54, 1.807) is 0 Å². The fourth-order valence-electron chi connectivity index (χ4n) is 4.01. The number of rotatable bonds is 2. The minimum atomic E-state index is -0.129. The highest BCUT2D eigenvalue weighted by Gasteiger charge is 2.49. The lowest BCUT2D eigenvalue weighted by atomic mass is 9.76. The zero-order valence-electron chi connectivity index (χ0n) is 12.2. The van der Waals surface area contributed by atoms with Crippen LogP contribution in [0.15, 0.2) is 18.2 Å². The standard InChI is InChI=1S/C16H19Cl2NO2/c1-19-10-4-6-14(19)15(16(20)21-2)11(8-10)9-3-5-12(17)13(18)7-9/h3,5,7,10-11,14-15H,4,6,8H2,1-2H3/t10?,11-,14-,15-/m1/s1. The Labute approximate surface area is 135 Å². The Bertz CT molecular complexity index is 563. The van der Waals surface area contributed by atoms with E-state index in [1.807, 2.05) is 18.2 Å². The van der Waals surface area contributed by atoms with Crippen LogP contribution in [0.1, 0.15) is 30.7 Å². The van der Waals surface area contributed by atoms with Gasteiger partial charge in [-0.05, 0) is 44.0 Å². The Morgan fingerprint density at radius 1 is 1.29 bits per heavy atom. The summed E-state index contributed by atoms with van der Waals surface area (Å²) in [6.07, 6.45) is 3.16. The zero-order chi connectivity index (χ0) is 15.1. The molecule has 0 spiro atoms. The van der Waals surface area contributed by atoms with E-state index in [0.717, 1.165) is 24.8 Å². The van der Waals surface area contributed by atoms with Gasteiger partial charge in [0, 0.05) is 18.0 Å². The first kappa shape index (κ1) is 15.1. The van der Waals surface area contributed by atoms with Gasteiger partial charge >= 0.3 is 5.97 Å². The molecule has 1 unspecified atom stereocenters. The zero-order valence-corrected chi connectivity index (χ0v) is 13.7. The summed E-state index contributed by atoms with van der Waals surface area (Å²) in [6.45, 7) is 0. The summed E-state index contributed by atoms with van der Waals surface area (Å²) < 4.78 is 5.07. The first-order valence-electron chi connectivity index (χ1n) is 7.27. The maximum atomic E-state index is 12.3. The molecule has 0 amide bonds. The van der Waals surface area contributed by atoms with E-state index in [4.69, 9.17) is 27.9 Å². The lowest BCUT2D eigenvalue weighted by Crippen LogP contribution is -2.49. The van der Waals surface area contributed by atoms with E-state index in [9.17, 15) is 4.79 Å². The lowest BCUT2D eigenvalue weighted by molar-refractivity contribution is -0.150. The van der Waals surface area contributed by atoms with Gasteiger partial charge in [-0.1, -0.05) is 29.3 Å². The molecular weight excluding hydrogens is 309 g/mol. The van der Waals surface area contributed by atoms with Gasteiger partial charge in [0.2, 0.25) is 0 Å². The van der Waals surface area contributed by atoms with Crippen molar-refractivity contribution in [3.63, 3.8) is 0 Å². The maximum absolute atomic E-state index is 12.3. The van der Waals surface area contributed by atoms with Crippen LogP contribution in [0.2, 0.25) is 10.0 Å². The molecule has 5 heteroatoms. The molecule has 2 fully saturated rings. The first-order valence-corrected chi connectivity index (χ1v) is 8.03. The Hall–Kier alpha value is -0.770. The van der Waals surface area contributed by atoms with Gasteiger partial charge in [0.25, 0.3) is 0 Å². The number of methoxy groups -OCH3 is 1. The summed E-state index contributed by atoms with van der Waals surface area (Å²) in [7, 11) is 3.58. The van der Waals surface area contributed by atoms with Crippen molar-refractivity contribution in [1.82, 2.24) is 4.90 Å². The number of piperidine rings is 1. The number of carbonyl (C=O) groups excluding carboxylic acids is 1. The molecule has 0 N–H and O–H groups in total. The van der Waals surface area contributed by atoms with Crippen molar-refractivity contribution in [2.45, 2.75) is 37.3 Å². The van der Waals surface area contributed by atoms with Crippen LogP contribution in [0.3, 0.4) is 0 Å². The van der Waals surface area contributed by atoms with Gasteiger partial charge in [0.15, 0.2) is 0 Å². The molecule has 2 aliphatic rings. The number of esters is 1. The molecule has 3 nitrogen and oxygen atoms in total. The molecule has 4 atom stereocenters. The average molecular weight is 328 g/mol. The van der Waals surface area contributed by atoms with E-state index in [2.05, 4.69) is 11.9 Å². The van der Waals surface area contributed by atoms with Gasteiger partial charge in [-0.3, -0.25) is 9.69 Å². The summed E-state index contributed by atoms with van der Waals surface area (Å²) in [6, 6.07) is 6.49. The fraction of sp³-hybridized carbons (Fsp3) is 0.562. The first-order chi connectivity index (χ1) is 10.0. The SMILES string of the molecule is COC(=O)[C@@H]1[C@@H](c2ccc(Cl)c(Cl)c2)CC2CC[C@H]1N2C. The number of halogens is 2. The topological polar surface area (TPSA) is 29.5 Å². The van der Waals surface area contributed by atoms with E-state index < -0.39 is 0 Å². The van der Waals surface area contributed by atoms with Crippen molar-refractivity contribution in [1.29, 1.82) is 0 Å². The predicted molar refractivity (Wildman–Crippen MR) is 83.9 cm³/mol. The van der Waals surface area contributed by atoms with Crippen LogP contribution >= 0.6 is 23.2 Å². The molecule has 0 aromatic heterocycles. The fourth-order valence-corrected chi connectivity index (χ4v) is 4.32. The molecule has 1 aromatic rings. The highest BCUT2D eigenvalue weighted by Crippen LogP contribution is 2.47. The second-order valence-corrected chi connectivity index (χ2v) is 6.84. The van der Waals surface area contributed by atoms with E-state index >= 15 is 0 Å². The van der Waals surface area contributed by atoms with Crippen molar-refractivity contribution < 1.29 is 9.53 Å². The minimum Gasteiger partial charge on any atom is -0.469 e. The Kier molecular flexibility index (Phi) is 4.17. The number of carbonyl (C=O) groups is 1. The Morgan fingerprint density at radius 2 is 2.05 bits per heavy atom. The van der Waals surface area contributed by atoms with Gasteiger partial charge in [-0.15, -0.1) is 0 Å². The smallest absolute Gasteiger partial charge is 0.310 e.